The van der Waals surface area contributed by atoms with E-state index in [0.717, 1.165) is 22.9 Å². The Morgan fingerprint density at radius 1 is 1.40 bits per heavy atom. The minimum absolute atomic E-state index is 0.209. The zero-order chi connectivity index (χ0) is 11.4. The molecule has 1 unspecified atom stereocenters. The molecule has 1 aromatic rings. The Morgan fingerprint density at radius 2 is 2.07 bits per heavy atom. The fraction of sp³-hybridized carbons (Fsp3) is 0.500. The summed E-state index contributed by atoms with van der Waals surface area (Å²) in [6, 6.07) is 5.01. The first-order valence-electron chi connectivity index (χ1n) is 5.20. The van der Waals surface area contributed by atoms with Crippen LogP contribution >= 0.6 is 15.9 Å². The van der Waals surface area contributed by atoms with Crippen molar-refractivity contribution in [2.75, 3.05) is 0 Å². The predicted octanol–water partition coefficient (Wildman–Crippen LogP) is 3.50. The standard InChI is InChI=1S/C12H17BrFN/c1-8(2)12(15)6-4-9-3-5-10(14)7-11(9)13/h3,5,7-8,12H,4,6,15H2,1-2H3. The molecule has 0 aliphatic carbocycles. The highest BCUT2D eigenvalue weighted by Crippen LogP contribution is 2.20. The monoisotopic (exact) mass is 273 g/mol. The van der Waals surface area contributed by atoms with Gasteiger partial charge in [0.2, 0.25) is 0 Å². The van der Waals surface area contributed by atoms with Crippen molar-refractivity contribution >= 4 is 15.9 Å². The van der Waals surface area contributed by atoms with Crippen LogP contribution in [0.5, 0.6) is 0 Å². The lowest BCUT2D eigenvalue weighted by Crippen LogP contribution is -2.26. The molecule has 0 radical (unpaired) electrons. The number of halogens is 2. The molecular weight excluding hydrogens is 257 g/mol. The molecule has 0 fully saturated rings. The van der Waals surface area contributed by atoms with Crippen LogP contribution in [0.15, 0.2) is 22.7 Å². The molecule has 2 N–H and O–H groups in total. The summed E-state index contributed by atoms with van der Waals surface area (Å²) >= 11 is 3.35. The number of hydrogen-bond donors (Lipinski definition) is 1. The van der Waals surface area contributed by atoms with Crippen molar-refractivity contribution in [2.45, 2.75) is 32.7 Å². The van der Waals surface area contributed by atoms with Crippen LogP contribution in [0.25, 0.3) is 0 Å². The fourth-order valence-corrected chi connectivity index (χ4v) is 1.93. The highest BCUT2D eigenvalue weighted by Gasteiger charge is 2.09. The van der Waals surface area contributed by atoms with Gasteiger partial charge in [-0.25, -0.2) is 4.39 Å². The minimum Gasteiger partial charge on any atom is -0.327 e. The van der Waals surface area contributed by atoms with Crippen molar-refractivity contribution in [3.8, 4) is 0 Å². The van der Waals surface area contributed by atoms with E-state index in [1.807, 2.05) is 6.07 Å². The Hall–Kier alpha value is -0.410. The molecule has 1 aromatic carbocycles. The first kappa shape index (κ1) is 12.7. The summed E-state index contributed by atoms with van der Waals surface area (Å²) in [5.74, 6) is 0.281. The van der Waals surface area contributed by atoms with Crippen molar-refractivity contribution in [1.29, 1.82) is 0 Å². The van der Waals surface area contributed by atoms with E-state index in [-0.39, 0.29) is 11.9 Å². The third kappa shape index (κ3) is 3.92. The number of hydrogen-bond acceptors (Lipinski definition) is 1. The summed E-state index contributed by atoms with van der Waals surface area (Å²) < 4.78 is 13.7. The molecule has 0 spiro atoms. The minimum atomic E-state index is -0.209. The average molecular weight is 274 g/mol. The van der Waals surface area contributed by atoms with E-state index >= 15 is 0 Å². The van der Waals surface area contributed by atoms with Gasteiger partial charge in [-0.15, -0.1) is 0 Å². The lowest BCUT2D eigenvalue weighted by molar-refractivity contribution is 0.464. The van der Waals surface area contributed by atoms with Gasteiger partial charge in [-0.1, -0.05) is 35.8 Å². The molecule has 0 aromatic heterocycles. The predicted molar refractivity (Wildman–Crippen MR) is 65.2 cm³/mol. The number of nitrogens with two attached hydrogens (primary N) is 1. The van der Waals surface area contributed by atoms with Crippen LogP contribution in [0.2, 0.25) is 0 Å². The number of rotatable bonds is 4. The summed E-state index contributed by atoms with van der Waals surface area (Å²) in [5.41, 5.74) is 7.07. The first-order valence-corrected chi connectivity index (χ1v) is 5.99. The normalized spacial score (nSPS) is 13.2. The van der Waals surface area contributed by atoms with Gasteiger partial charge in [0.05, 0.1) is 0 Å². The molecule has 0 bridgehead atoms. The molecule has 1 nitrogen and oxygen atoms in total. The Kier molecular flexibility index (Phi) is 4.74. The summed E-state index contributed by atoms with van der Waals surface area (Å²) in [4.78, 5) is 0. The van der Waals surface area contributed by atoms with Crippen LogP contribution in [0, 0.1) is 11.7 Å². The Balaban J connectivity index is 2.58. The molecule has 0 saturated heterocycles. The van der Waals surface area contributed by atoms with Crippen molar-refractivity contribution in [3.63, 3.8) is 0 Å². The van der Waals surface area contributed by atoms with Crippen molar-refractivity contribution < 1.29 is 4.39 Å². The second-order valence-electron chi connectivity index (χ2n) is 4.18. The number of aryl methyl sites for hydroxylation is 1. The first-order chi connectivity index (χ1) is 7.00. The van der Waals surface area contributed by atoms with Gasteiger partial charge in [0.1, 0.15) is 5.82 Å². The Bertz CT molecular complexity index is 325. The van der Waals surface area contributed by atoms with E-state index in [4.69, 9.17) is 5.73 Å². The molecule has 0 aliphatic heterocycles. The zero-order valence-corrected chi connectivity index (χ0v) is 10.7. The smallest absolute Gasteiger partial charge is 0.124 e. The van der Waals surface area contributed by atoms with E-state index in [0.29, 0.717) is 5.92 Å². The van der Waals surface area contributed by atoms with Gasteiger partial charge in [0, 0.05) is 10.5 Å². The number of benzene rings is 1. The van der Waals surface area contributed by atoms with Crippen LogP contribution in [0.4, 0.5) is 4.39 Å². The molecular formula is C12H17BrFN. The maximum absolute atomic E-state index is 12.8. The highest BCUT2D eigenvalue weighted by atomic mass is 79.9. The Morgan fingerprint density at radius 3 is 2.60 bits per heavy atom. The maximum atomic E-state index is 12.8. The topological polar surface area (TPSA) is 26.0 Å². The molecule has 0 amide bonds. The van der Waals surface area contributed by atoms with E-state index in [1.165, 1.54) is 12.1 Å². The molecule has 84 valence electrons. The summed E-state index contributed by atoms with van der Waals surface area (Å²) in [6.07, 6.45) is 1.82. The molecule has 0 saturated carbocycles. The van der Waals surface area contributed by atoms with E-state index in [9.17, 15) is 4.39 Å². The van der Waals surface area contributed by atoms with Gasteiger partial charge in [-0.3, -0.25) is 0 Å². The molecule has 1 rings (SSSR count). The van der Waals surface area contributed by atoms with Gasteiger partial charge in [-0.2, -0.15) is 0 Å². The van der Waals surface area contributed by atoms with E-state index in [1.54, 1.807) is 0 Å². The third-order valence-electron chi connectivity index (χ3n) is 2.62. The van der Waals surface area contributed by atoms with Gasteiger partial charge >= 0.3 is 0 Å². The second-order valence-corrected chi connectivity index (χ2v) is 5.04. The molecule has 15 heavy (non-hydrogen) atoms. The lowest BCUT2D eigenvalue weighted by atomic mass is 9.98. The van der Waals surface area contributed by atoms with Crippen LogP contribution in [0.3, 0.4) is 0 Å². The Labute approximate surface area is 99.0 Å². The van der Waals surface area contributed by atoms with Gasteiger partial charge in [0.15, 0.2) is 0 Å². The second kappa shape index (κ2) is 5.61. The zero-order valence-electron chi connectivity index (χ0n) is 9.13. The van der Waals surface area contributed by atoms with Crippen molar-refractivity contribution in [3.05, 3.63) is 34.1 Å². The summed E-state index contributed by atoms with van der Waals surface area (Å²) in [7, 11) is 0. The lowest BCUT2D eigenvalue weighted by Gasteiger charge is -2.15. The largest absolute Gasteiger partial charge is 0.327 e. The SMILES string of the molecule is CC(C)C(N)CCc1ccc(F)cc1Br. The average Bonchev–Trinajstić information content (AvgIpc) is 2.15. The summed E-state index contributed by atoms with van der Waals surface area (Å²) in [5, 5.41) is 0. The van der Waals surface area contributed by atoms with Gasteiger partial charge in [0.25, 0.3) is 0 Å². The van der Waals surface area contributed by atoms with E-state index in [2.05, 4.69) is 29.8 Å². The molecule has 0 aliphatic rings. The van der Waals surface area contributed by atoms with Crippen LogP contribution in [0.1, 0.15) is 25.8 Å². The third-order valence-corrected chi connectivity index (χ3v) is 3.36. The maximum Gasteiger partial charge on any atom is 0.124 e. The van der Waals surface area contributed by atoms with Crippen LogP contribution < -0.4 is 5.73 Å². The van der Waals surface area contributed by atoms with Gasteiger partial charge in [-0.05, 0) is 36.5 Å². The molecule has 1 atom stereocenters. The molecule has 3 heteroatoms. The van der Waals surface area contributed by atoms with Crippen LogP contribution in [-0.2, 0) is 6.42 Å². The van der Waals surface area contributed by atoms with E-state index < -0.39 is 0 Å². The highest BCUT2D eigenvalue weighted by molar-refractivity contribution is 9.10. The molecule has 0 heterocycles. The quantitative estimate of drug-likeness (QED) is 0.893. The van der Waals surface area contributed by atoms with Gasteiger partial charge < -0.3 is 5.73 Å². The summed E-state index contributed by atoms with van der Waals surface area (Å²) in [6.45, 7) is 4.23. The van der Waals surface area contributed by atoms with Crippen molar-refractivity contribution in [2.24, 2.45) is 11.7 Å². The fourth-order valence-electron chi connectivity index (χ4n) is 1.38. The van der Waals surface area contributed by atoms with Crippen molar-refractivity contribution in [1.82, 2.24) is 0 Å². The van der Waals surface area contributed by atoms with Crippen LogP contribution in [-0.4, -0.2) is 6.04 Å².